The SMILES string of the molecule is CCC(C)N1CCN(CC2CCN(C(=O)/C=C/C(=O)NC(C)C)CC2)CC1.[HH]. The lowest BCUT2D eigenvalue weighted by atomic mass is 9.95. The zero-order valence-electron chi connectivity index (χ0n) is 17.6. The summed E-state index contributed by atoms with van der Waals surface area (Å²) in [5.41, 5.74) is 0. The van der Waals surface area contributed by atoms with E-state index in [9.17, 15) is 9.59 Å². The maximum absolute atomic E-state index is 12.3. The largest absolute Gasteiger partial charge is 0.350 e. The van der Waals surface area contributed by atoms with E-state index in [-0.39, 0.29) is 19.3 Å². The highest BCUT2D eigenvalue weighted by molar-refractivity contribution is 5.96. The third-order valence-electron chi connectivity index (χ3n) is 5.87. The topological polar surface area (TPSA) is 55.9 Å². The van der Waals surface area contributed by atoms with Crippen LogP contribution in [0.4, 0.5) is 0 Å². The van der Waals surface area contributed by atoms with E-state index in [0.717, 1.165) is 45.6 Å². The van der Waals surface area contributed by atoms with E-state index in [0.29, 0.717) is 12.0 Å². The number of nitrogens with zero attached hydrogens (tertiary/aromatic N) is 3. The van der Waals surface area contributed by atoms with Gasteiger partial charge in [-0.05, 0) is 46.0 Å². The van der Waals surface area contributed by atoms with Gasteiger partial charge in [0.2, 0.25) is 11.8 Å². The number of amides is 2. The molecule has 2 rings (SSSR count). The van der Waals surface area contributed by atoms with Crippen molar-refractivity contribution in [2.75, 3.05) is 45.8 Å². The summed E-state index contributed by atoms with van der Waals surface area (Å²) < 4.78 is 0. The first-order valence-corrected chi connectivity index (χ1v) is 10.6. The van der Waals surface area contributed by atoms with Crippen LogP contribution in [0.15, 0.2) is 12.2 Å². The van der Waals surface area contributed by atoms with Gasteiger partial charge in [0, 0.05) is 71.5 Å². The fourth-order valence-electron chi connectivity index (χ4n) is 3.93. The third kappa shape index (κ3) is 7.26. The molecule has 1 unspecified atom stereocenters. The lowest BCUT2D eigenvalue weighted by molar-refractivity contribution is -0.128. The molecule has 156 valence electrons. The van der Waals surface area contributed by atoms with Crippen molar-refractivity contribution in [3.05, 3.63) is 12.2 Å². The van der Waals surface area contributed by atoms with E-state index in [1.807, 2.05) is 18.7 Å². The summed E-state index contributed by atoms with van der Waals surface area (Å²) in [6.45, 7) is 15.8. The molecule has 0 saturated carbocycles. The first-order chi connectivity index (χ1) is 12.9. The fourth-order valence-corrected chi connectivity index (χ4v) is 3.93. The zero-order chi connectivity index (χ0) is 19.8. The highest BCUT2D eigenvalue weighted by Gasteiger charge is 2.26. The predicted molar refractivity (Wildman–Crippen MR) is 112 cm³/mol. The van der Waals surface area contributed by atoms with Gasteiger partial charge in [0.1, 0.15) is 0 Å². The molecule has 2 amide bonds. The molecule has 0 bridgehead atoms. The average Bonchev–Trinajstić information content (AvgIpc) is 2.66. The number of carbonyl (C=O) groups is 2. The minimum Gasteiger partial charge on any atom is -0.350 e. The molecule has 1 atom stereocenters. The van der Waals surface area contributed by atoms with Crippen LogP contribution in [0.3, 0.4) is 0 Å². The molecule has 0 aromatic heterocycles. The van der Waals surface area contributed by atoms with Crippen LogP contribution in [0, 0.1) is 5.92 Å². The van der Waals surface area contributed by atoms with Crippen LogP contribution in [0.25, 0.3) is 0 Å². The number of piperidine rings is 1. The predicted octanol–water partition coefficient (Wildman–Crippen LogP) is 1.97. The van der Waals surface area contributed by atoms with Gasteiger partial charge in [0.05, 0.1) is 0 Å². The Kier molecular flexibility index (Phi) is 8.77. The minimum atomic E-state index is -0.204. The molecule has 2 saturated heterocycles. The molecule has 0 aliphatic carbocycles. The molecule has 2 aliphatic heterocycles. The van der Waals surface area contributed by atoms with Crippen LogP contribution in [-0.2, 0) is 9.59 Å². The van der Waals surface area contributed by atoms with Crippen LogP contribution in [0.2, 0.25) is 0 Å². The van der Waals surface area contributed by atoms with E-state index < -0.39 is 0 Å². The molecular formula is C21H40N4O2. The van der Waals surface area contributed by atoms with Crippen LogP contribution < -0.4 is 5.32 Å². The first-order valence-electron chi connectivity index (χ1n) is 10.6. The van der Waals surface area contributed by atoms with E-state index in [4.69, 9.17) is 0 Å². The molecule has 6 nitrogen and oxygen atoms in total. The summed E-state index contributed by atoms with van der Waals surface area (Å²) in [5.74, 6) is 0.428. The molecule has 1 N–H and O–H groups in total. The van der Waals surface area contributed by atoms with E-state index in [1.165, 1.54) is 31.7 Å². The highest BCUT2D eigenvalue weighted by Crippen LogP contribution is 2.20. The molecule has 2 aliphatic rings. The number of rotatable bonds is 7. The minimum absolute atomic E-state index is 0. The zero-order valence-corrected chi connectivity index (χ0v) is 17.6. The number of carbonyl (C=O) groups excluding carboxylic acids is 2. The fraction of sp³-hybridized carbons (Fsp3) is 0.810. The summed E-state index contributed by atoms with van der Waals surface area (Å²) in [6, 6.07) is 0.775. The Morgan fingerprint density at radius 1 is 1.04 bits per heavy atom. The van der Waals surface area contributed by atoms with Crippen molar-refractivity contribution >= 4 is 11.8 Å². The second kappa shape index (κ2) is 10.8. The highest BCUT2D eigenvalue weighted by atomic mass is 16.2. The second-order valence-electron chi connectivity index (χ2n) is 8.36. The maximum atomic E-state index is 12.3. The van der Waals surface area contributed by atoms with Crippen molar-refractivity contribution in [3.8, 4) is 0 Å². The van der Waals surface area contributed by atoms with Crippen molar-refractivity contribution in [2.45, 2.75) is 59.0 Å². The van der Waals surface area contributed by atoms with Gasteiger partial charge >= 0.3 is 0 Å². The number of likely N-dealkylation sites (tertiary alicyclic amines) is 1. The Bertz CT molecular complexity index is 511. The Labute approximate surface area is 166 Å². The number of hydrogen-bond donors (Lipinski definition) is 1. The Balaban J connectivity index is 0.00000392. The van der Waals surface area contributed by atoms with E-state index in [1.54, 1.807) is 0 Å². The molecule has 27 heavy (non-hydrogen) atoms. The van der Waals surface area contributed by atoms with Crippen LogP contribution >= 0.6 is 0 Å². The molecule has 0 aromatic carbocycles. The molecule has 2 heterocycles. The average molecular weight is 381 g/mol. The van der Waals surface area contributed by atoms with Crippen LogP contribution in [0.5, 0.6) is 0 Å². The van der Waals surface area contributed by atoms with Gasteiger partial charge in [0.25, 0.3) is 0 Å². The summed E-state index contributed by atoms with van der Waals surface area (Å²) in [7, 11) is 0. The maximum Gasteiger partial charge on any atom is 0.246 e. The van der Waals surface area contributed by atoms with Crippen LogP contribution in [-0.4, -0.2) is 84.4 Å². The van der Waals surface area contributed by atoms with Gasteiger partial charge in [-0.25, -0.2) is 0 Å². The summed E-state index contributed by atoms with van der Waals surface area (Å²) in [4.78, 5) is 30.9. The van der Waals surface area contributed by atoms with Crippen LogP contribution in [0.1, 0.15) is 48.4 Å². The molecule has 6 heteroatoms. The lowest BCUT2D eigenvalue weighted by Gasteiger charge is -2.40. The molecule has 2 fully saturated rings. The van der Waals surface area contributed by atoms with Gasteiger partial charge in [-0.1, -0.05) is 6.92 Å². The van der Waals surface area contributed by atoms with Crippen molar-refractivity contribution in [3.63, 3.8) is 0 Å². The Morgan fingerprint density at radius 3 is 2.22 bits per heavy atom. The normalized spacial score (nSPS) is 21.7. The van der Waals surface area contributed by atoms with Crippen molar-refractivity contribution in [1.29, 1.82) is 0 Å². The summed E-state index contributed by atoms with van der Waals surface area (Å²) >= 11 is 0. The first kappa shape index (κ1) is 21.9. The lowest BCUT2D eigenvalue weighted by Crippen LogP contribution is -2.51. The molecule has 0 spiro atoms. The smallest absolute Gasteiger partial charge is 0.246 e. The Hall–Kier alpha value is -1.40. The summed E-state index contributed by atoms with van der Waals surface area (Å²) in [5, 5.41) is 2.76. The van der Waals surface area contributed by atoms with Gasteiger partial charge in [0.15, 0.2) is 0 Å². The van der Waals surface area contributed by atoms with E-state index >= 15 is 0 Å². The monoisotopic (exact) mass is 380 g/mol. The molecule has 0 radical (unpaired) electrons. The van der Waals surface area contributed by atoms with Gasteiger partial charge in [-0.2, -0.15) is 0 Å². The summed E-state index contributed by atoms with van der Waals surface area (Å²) in [6.07, 6.45) is 6.10. The third-order valence-corrected chi connectivity index (χ3v) is 5.87. The number of piperazine rings is 1. The molecular weight excluding hydrogens is 340 g/mol. The Morgan fingerprint density at radius 2 is 1.67 bits per heavy atom. The van der Waals surface area contributed by atoms with Gasteiger partial charge in [-0.15, -0.1) is 0 Å². The van der Waals surface area contributed by atoms with Crippen molar-refractivity contribution in [1.82, 2.24) is 20.0 Å². The van der Waals surface area contributed by atoms with Gasteiger partial charge < -0.3 is 15.1 Å². The van der Waals surface area contributed by atoms with Gasteiger partial charge in [-0.3, -0.25) is 14.5 Å². The number of hydrogen-bond acceptors (Lipinski definition) is 4. The van der Waals surface area contributed by atoms with Crippen molar-refractivity contribution < 1.29 is 11.0 Å². The van der Waals surface area contributed by atoms with E-state index in [2.05, 4.69) is 29.0 Å². The standard InChI is InChI=1S/C21H38N4O2.H2/c1-5-18(4)24-14-12-23(13-15-24)16-19-8-10-25(11-9-19)21(27)7-6-20(26)22-17(2)3;/h6-7,17-19H,5,8-16H2,1-4H3,(H,22,26);1H/b7-6+;. The molecule has 0 aromatic rings. The quantitative estimate of drug-likeness (QED) is 0.686. The van der Waals surface area contributed by atoms with Crippen molar-refractivity contribution in [2.24, 2.45) is 5.92 Å². The second-order valence-corrected chi connectivity index (χ2v) is 8.36. The number of nitrogens with one attached hydrogen (secondary N) is 1.